The molecule has 1 fully saturated rings. The van der Waals surface area contributed by atoms with Gasteiger partial charge in [0.25, 0.3) is 0 Å². The van der Waals surface area contributed by atoms with Crippen molar-refractivity contribution in [3.63, 3.8) is 0 Å². The van der Waals surface area contributed by atoms with Crippen LogP contribution in [-0.4, -0.2) is 38.7 Å². The molecule has 1 amide bonds. The molecule has 2 atom stereocenters. The first-order chi connectivity index (χ1) is 11.4. The molecule has 0 aromatic carbocycles. The van der Waals surface area contributed by atoms with E-state index in [1.54, 1.807) is 35.6 Å². The number of nitrogens with one attached hydrogen (secondary N) is 1. The Balaban J connectivity index is 0.00000169. The molecule has 0 spiro atoms. The molecule has 2 aromatic rings. The van der Waals surface area contributed by atoms with Crippen LogP contribution in [0.15, 0.2) is 37.1 Å². The van der Waals surface area contributed by atoms with Crippen molar-refractivity contribution in [2.75, 3.05) is 11.9 Å². The maximum Gasteiger partial charge on any atom is 0.245 e. The second-order valence-corrected chi connectivity index (χ2v) is 6.67. The zero-order chi connectivity index (χ0) is 17.4. The highest BCUT2D eigenvalue weighted by Gasteiger charge is 2.62. The third-order valence-electron chi connectivity index (χ3n) is 5.01. The van der Waals surface area contributed by atoms with Gasteiger partial charge in [-0.2, -0.15) is 0 Å². The van der Waals surface area contributed by atoms with Gasteiger partial charge in [-0.15, -0.1) is 24.8 Å². The van der Waals surface area contributed by atoms with Crippen LogP contribution >= 0.6 is 24.8 Å². The van der Waals surface area contributed by atoms with Gasteiger partial charge in [0.2, 0.25) is 5.91 Å². The van der Waals surface area contributed by atoms with Crippen molar-refractivity contribution in [1.82, 2.24) is 14.5 Å². The molecule has 2 aromatic heterocycles. The van der Waals surface area contributed by atoms with E-state index in [0.717, 1.165) is 5.82 Å². The number of halogens is 2. The third kappa shape index (κ3) is 3.71. The number of rotatable bonds is 5. The summed E-state index contributed by atoms with van der Waals surface area (Å²) in [6.07, 6.45) is 7.28. The number of imidazole rings is 1. The summed E-state index contributed by atoms with van der Waals surface area (Å²) in [7, 11) is 0. The van der Waals surface area contributed by atoms with Crippen LogP contribution in [-0.2, 0) is 9.53 Å². The quantitative estimate of drug-likeness (QED) is 0.802. The molecular formula is C17H25Cl2N5O2. The number of nitrogens with two attached hydrogens (primary N) is 1. The summed E-state index contributed by atoms with van der Waals surface area (Å²) in [4.78, 5) is 21.0. The molecule has 0 aliphatic heterocycles. The fraction of sp³-hybridized carbons (Fsp3) is 0.471. The van der Waals surface area contributed by atoms with Crippen molar-refractivity contribution in [2.45, 2.75) is 38.8 Å². The number of anilines is 1. The highest BCUT2D eigenvalue weighted by atomic mass is 35.5. The number of pyridine rings is 1. The van der Waals surface area contributed by atoms with E-state index in [-0.39, 0.29) is 36.8 Å². The second-order valence-electron chi connectivity index (χ2n) is 6.67. The molecule has 1 aliphatic rings. The van der Waals surface area contributed by atoms with Gasteiger partial charge in [-0.05, 0) is 19.1 Å². The van der Waals surface area contributed by atoms with Gasteiger partial charge in [0.15, 0.2) is 0 Å². The van der Waals surface area contributed by atoms with E-state index in [1.807, 2.05) is 26.8 Å². The molecule has 1 aliphatic carbocycles. The molecule has 9 heteroatoms. The Morgan fingerprint density at radius 3 is 2.65 bits per heavy atom. The van der Waals surface area contributed by atoms with Gasteiger partial charge in [-0.25, -0.2) is 9.97 Å². The van der Waals surface area contributed by atoms with Gasteiger partial charge in [0, 0.05) is 30.8 Å². The lowest BCUT2D eigenvalue weighted by Crippen LogP contribution is -2.74. The van der Waals surface area contributed by atoms with Crippen molar-refractivity contribution in [3.8, 4) is 5.82 Å². The zero-order valence-corrected chi connectivity index (χ0v) is 16.6. The monoisotopic (exact) mass is 401 g/mol. The van der Waals surface area contributed by atoms with Gasteiger partial charge in [-0.3, -0.25) is 9.36 Å². The Bertz CT molecular complexity index is 721. The Hall–Kier alpha value is -1.67. The molecule has 3 rings (SSSR count). The third-order valence-corrected chi connectivity index (χ3v) is 5.01. The Morgan fingerprint density at radius 1 is 1.42 bits per heavy atom. The highest BCUT2D eigenvalue weighted by molar-refractivity contribution is 5.99. The number of ether oxygens (including phenoxy) is 1. The van der Waals surface area contributed by atoms with Crippen LogP contribution in [0.5, 0.6) is 0 Å². The molecule has 1 saturated carbocycles. The van der Waals surface area contributed by atoms with Crippen LogP contribution in [0, 0.1) is 5.41 Å². The number of nitrogens with zero attached hydrogens (tertiary/aromatic N) is 3. The predicted octanol–water partition coefficient (Wildman–Crippen LogP) is 2.58. The van der Waals surface area contributed by atoms with Crippen molar-refractivity contribution < 1.29 is 9.53 Å². The minimum atomic E-state index is -0.949. The average molecular weight is 402 g/mol. The lowest BCUT2D eigenvalue weighted by molar-refractivity contribution is -0.166. The molecule has 3 N–H and O–H groups in total. The molecule has 144 valence electrons. The lowest BCUT2D eigenvalue weighted by atomic mass is 9.54. The van der Waals surface area contributed by atoms with Gasteiger partial charge >= 0.3 is 0 Å². The summed E-state index contributed by atoms with van der Waals surface area (Å²) in [5.74, 6) is 0.522. The zero-order valence-electron chi connectivity index (χ0n) is 15.0. The van der Waals surface area contributed by atoms with Crippen molar-refractivity contribution in [2.24, 2.45) is 11.1 Å². The molecule has 0 radical (unpaired) electrons. The molecule has 2 heterocycles. The van der Waals surface area contributed by atoms with E-state index in [0.29, 0.717) is 18.7 Å². The number of hydrogen-bond acceptors (Lipinski definition) is 5. The molecule has 0 saturated heterocycles. The van der Waals surface area contributed by atoms with Crippen LogP contribution in [0.25, 0.3) is 5.82 Å². The van der Waals surface area contributed by atoms with Gasteiger partial charge in [0.1, 0.15) is 17.7 Å². The van der Waals surface area contributed by atoms with Gasteiger partial charge in [0.05, 0.1) is 18.0 Å². The second kappa shape index (κ2) is 8.35. The minimum Gasteiger partial charge on any atom is -0.378 e. The largest absolute Gasteiger partial charge is 0.378 e. The normalized spacial score (nSPS) is 23.2. The molecular weight excluding hydrogens is 377 g/mol. The summed E-state index contributed by atoms with van der Waals surface area (Å²) < 4.78 is 7.45. The number of carbonyl (C=O) groups excluding carboxylic acids is 1. The average Bonchev–Trinajstić information content (AvgIpc) is 3.09. The first-order valence-corrected chi connectivity index (χ1v) is 8.05. The number of aromatic nitrogens is 3. The van der Waals surface area contributed by atoms with E-state index in [4.69, 9.17) is 10.5 Å². The molecule has 2 unspecified atom stereocenters. The fourth-order valence-corrected chi connectivity index (χ4v) is 3.07. The van der Waals surface area contributed by atoms with E-state index >= 15 is 0 Å². The number of amides is 1. The van der Waals surface area contributed by atoms with E-state index in [1.165, 1.54) is 0 Å². The summed E-state index contributed by atoms with van der Waals surface area (Å²) in [5, 5.41) is 2.87. The Kier molecular flexibility index (Phi) is 7.18. The van der Waals surface area contributed by atoms with Crippen LogP contribution in [0.3, 0.4) is 0 Å². The van der Waals surface area contributed by atoms with Crippen molar-refractivity contribution in [1.29, 1.82) is 0 Å². The summed E-state index contributed by atoms with van der Waals surface area (Å²) >= 11 is 0. The highest BCUT2D eigenvalue weighted by Crippen LogP contribution is 2.50. The van der Waals surface area contributed by atoms with E-state index in [2.05, 4.69) is 15.3 Å². The topological polar surface area (TPSA) is 95.1 Å². The first kappa shape index (κ1) is 22.4. The van der Waals surface area contributed by atoms with Crippen LogP contribution in [0.4, 0.5) is 5.69 Å². The number of carbonyl (C=O) groups is 1. The smallest absolute Gasteiger partial charge is 0.245 e. The fourth-order valence-electron chi connectivity index (χ4n) is 3.07. The number of hydrogen-bond donors (Lipinski definition) is 2. The Labute approximate surface area is 165 Å². The Morgan fingerprint density at radius 2 is 2.15 bits per heavy atom. The summed E-state index contributed by atoms with van der Waals surface area (Å²) in [5.41, 5.74) is 5.62. The van der Waals surface area contributed by atoms with Crippen molar-refractivity contribution >= 4 is 36.4 Å². The summed E-state index contributed by atoms with van der Waals surface area (Å²) in [6, 6.07) is 3.62. The van der Waals surface area contributed by atoms with Gasteiger partial charge < -0.3 is 15.8 Å². The van der Waals surface area contributed by atoms with Crippen molar-refractivity contribution in [3.05, 3.63) is 37.1 Å². The van der Waals surface area contributed by atoms with Crippen LogP contribution in [0.1, 0.15) is 27.2 Å². The van der Waals surface area contributed by atoms with Gasteiger partial charge in [-0.1, -0.05) is 13.8 Å². The van der Waals surface area contributed by atoms with E-state index in [9.17, 15) is 4.79 Å². The SMILES string of the molecule is CCOC1CC(N)(C(=O)Nc2ccc(-n3ccnc3)nc2)C1(C)C.Cl.Cl. The minimum absolute atomic E-state index is 0. The maximum absolute atomic E-state index is 12.7. The predicted molar refractivity (Wildman–Crippen MR) is 105 cm³/mol. The van der Waals surface area contributed by atoms with E-state index < -0.39 is 11.0 Å². The van der Waals surface area contributed by atoms with Crippen LogP contribution in [0.2, 0.25) is 0 Å². The maximum atomic E-state index is 12.7. The first-order valence-electron chi connectivity index (χ1n) is 8.05. The molecule has 0 bridgehead atoms. The lowest BCUT2D eigenvalue weighted by Gasteiger charge is -2.57. The van der Waals surface area contributed by atoms with Crippen LogP contribution < -0.4 is 11.1 Å². The molecule has 26 heavy (non-hydrogen) atoms. The standard InChI is InChI=1S/C17H23N5O2.2ClH/c1-4-24-13-9-17(18,16(13,2)3)15(23)21-12-5-6-14(20-10-12)22-8-7-19-11-22;;/h5-8,10-11,13H,4,9,18H2,1-3H3,(H,21,23);2*1H. The summed E-state index contributed by atoms with van der Waals surface area (Å²) in [6.45, 7) is 6.50. The molecule has 7 nitrogen and oxygen atoms in total.